The molecule has 0 bridgehead atoms. The summed E-state index contributed by atoms with van der Waals surface area (Å²) in [7, 11) is 0. The molecule has 1 atom stereocenters. The molecule has 0 radical (unpaired) electrons. The van der Waals surface area contributed by atoms with Gasteiger partial charge in [-0.2, -0.15) is 0 Å². The molecule has 0 aromatic heterocycles. The van der Waals surface area contributed by atoms with E-state index >= 15 is 0 Å². The standard InChI is InChI=1S/C13H17Cl2F/c1-13(2,3)11(14)8-7-9-5-4-6-10(16)12(9)15/h4-6,11H,7-8H2,1-3H3. The molecule has 3 heteroatoms. The zero-order valence-corrected chi connectivity index (χ0v) is 11.4. The summed E-state index contributed by atoms with van der Waals surface area (Å²) < 4.78 is 13.2. The fraction of sp³-hybridized carbons (Fsp3) is 0.538. The van der Waals surface area contributed by atoms with Crippen LogP contribution in [0.4, 0.5) is 4.39 Å². The molecule has 1 aromatic carbocycles. The van der Waals surface area contributed by atoms with Crippen molar-refractivity contribution in [1.82, 2.24) is 0 Å². The molecule has 0 spiro atoms. The second-order valence-electron chi connectivity index (χ2n) is 5.09. The summed E-state index contributed by atoms with van der Waals surface area (Å²) in [5, 5.41) is 0.284. The Morgan fingerprint density at radius 1 is 1.31 bits per heavy atom. The summed E-state index contributed by atoms with van der Waals surface area (Å²) in [5.41, 5.74) is 0.887. The first-order chi connectivity index (χ1) is 7.32. The lowest BCUT2D eigenvalue weighted by Crippen LogP contribution is -2.21. The Morgan fingerprint density at radius 3 is 2.50 bits per heavy atom. The molecule has 0 aliphatic rings. The van der Waals surface area contributed by atoms with E-state index in [1.165, 1.54) is 6.07 Å². The first kappa shape index (κ1) is 13.8. The molecular formula is C13H17Cl2F. The van der Waals surface area contributed by atoms with Crippen molar-refractivity contribution < 1.29 is 4.39 Å². The van der Waals surface area contributed by atoms with E-state index < -0.39 is 0 Å². The van der Waals surface area contributed by atoms with Gasteiger partial charge in [-0.3, -0.25) is 0 Å². The molecule has 0 saturated carbocycles. The quantitative estimate of drug-likeness (QED) is 0.668. The van der Waals surface area contributed by atoms with Gasteiger partial charge < -0.3 is 0 Å². The van der Waals surface area contributed by atoms with Gasteiger partial charge in [-0.15, -0.1) is 11.6 Å². The molecule has 0 saturated heterocycles. The Bertz CT molecular complexity index is 355. The highest BCUT2D eigenvalue weighted by atomic mass is 35.5. The first-order valence-electron chi connectivity index (χ1n) is 5.39. The number of alkyl halides is 1. The third kappa shape index (κ3) is 3.64. The SMILES string of the molecule is CC(C)(C)C(Cl)CCc1cccc(F)c1Cl. The van der Waals surface area contributed by atoms with Crippen LogP contribution in [-0.2, 0) is 6.42 Å². The van der Waals surface area contributed by atoms with E-state index in [-0.39, 0.29) is 21.6 Å². The average Bonchev–Trinajstić information content (AvgIpc) is 2.18. The highest BCUT2D eigenvalue weighted by molar-refractivity contribution is 6.31. The van der Waals surface area contributed by atoms with Crippen LogP contribution < -0.4 is 0 Å². The van der Waals surface area contributed by atoms with Gasteiger partial charge in [0.2, 0.25) is 0 Å². The van der Waals surface area contributed by atoms with Gasteiger partial charge in [0.1, 0.15) is 5.82 Å². The van der Waals surface area contributed by atoms with Gasteiger partial charge in [0, 0.05) is 5.38 Å². The monoisotopic (exact) mass is 262 g/mol. The van der Waals surface area contributed by atoms with Gasteiger partial charge in [-0.1, -0.05) is 44.5 Å². The summed E-state index contributed by atoms with van der Waals surface area (Å²) >= 11 is 12.1. The van der Waals surface area contributed by atoms with Crippen molar-refractivity contribution >= 4 is 23.2 Å². The molecule has 0 nitrogen and oxygen atoms in total. The minimum atomic E-state index is -0.360. The molecule has 0 N–H and O–H groups in total. The zero-order valence-electron chi connectivity index (χ0n) is 9.86. The third-order valence-corrected chi connectivity index (χ3v) is 3.93. The summed E-state index contributed by atoms with van der Waals surface area (Å²) in [6, 6.07) is 4.89. The molecule has 0 aliphatic heterocycles. The maximum absolute atomic E-state index is 13.2. The Kier molecular flexibility index (Phi) is 4.63. The second-order valence-corrected chi connectivity index (χ2v) is 5.99. The maximum Gasteiger partial charge on any atom is 0.142 e. The zero-order chi connectivity index (χ0) is 12.3. The minimum absolute atomic E-state index is 0.0569. The second kappa shape index (κ2) is 5.37. The Balaban J connectivity index is 2.65. The normalized spacial score (nSPS) is 13.9. The van der Waals surface area contributed by atoms with E-state index in [1.807, 2.05) is 6.07 Å². The van der Waals surface area contributed by atoms with Crippen molar-refractivity contribution in [2.75, 3.05) is 0 Å². The van der Waals surface area contributed by atoms with Crippen LogP contribution in [0.2, 0.25) is 5.02 Å². The summed E-state index contributed by atoms with van der Waals surface area (Å²) in [5.74, 6) is -0.360. The summed E-state index contributed by atoms with van der Waals surface area (Å²) in [6.07, 6.45) is 1.51. The largest absolute Gasteiger partial charge is 0.205 e. The van der Waals surface area contributed by atoms with Crippen molar-refractivity contribution in [2.24, 2.45) is 5.41 Å². The molecule has 0 fully saturated rings. The van der Waals surface area contributed by atoms with Gasteiger partial charge in [0.05, 0.1) is 5.02 Å². The highest BCUT2D eigenvalue weighted by Crippen LogP contribution is 2.29. The first-order valence-corrected chi connectivity index (χ1v) is 6.21. The minimum Gasteiger partial charge on any atom is -0.205 e. The number of halogens is 3. The molecule has 0 aliphatic carbocycles. The Labute approximate surface area is 107 Å². The van der Waals surface area contributed by atoms with E-state index in [0.717, 1.165) is 12.0 Å². The fourth-order valence-corrected chi connectivity index (χ4v) is 1.79. The van der Waals surface area contributed by atoms with Crippen LogP contribution >= 0.6 is 23.2 Å². The molecular weight excluding hydrogens is 246 g/mol. The van der Waals surface area contributed by atoms with Crippen molar-refractivity contribution in [2.45, 2.75) is 39.0 Å². The van der Waals surface area contributed by atoms with Gasteiger partial charge in [0.25, 0.3) is 0 Å². The topological polar surface area (TPSA) is 0 Å². The molecule has 1 unspecified atom stereocenters. The predicted molar refractivity (Wildman–Crippen MR) is 68.8 cm³/mol. The van der Waals surface area contributed by atoms with Crippen LogP contribution in [0.1, 0.15) is 32.8 Å². The molecule has 90 valence electrons. The highest BCUT2D eigenvalue weighted by Gasteiger charge is 2.22. The van der Waals surface area contributed by atoms with Crippen molar-refractivity contribution in [3.63, 3.8) is 0 Å². The lowest BCUT2D eigenvalue weighted by Gasteiger charge is -2.25. The van der Waals surface area contributed by atoms with Gasteiger partial charge >= 0.3 is 0 Å². The summed E-state index contributed by atoms with van der Waals surface area (Å²) in [4.78, 5) is 0. The fourth-order valence-electron chi connectivity index (χ4n) is 1.46. The number of benzene rings is 1. The van der Waals surface area contributed by atoms with Gasteiger partial charge in [0.15, 0.2) is 0 Å². The molecule has 1 aromatic rings. The number of aryl methyl sites for hydroxylation is 1. The molecule has 0 heterocycles. The molecule has 1 rings (SSSR count). The van der Waals surface area contributed by atoms with E-state index in [0.29, 0.717) is 6.42 Å². The van der Waals surface area contributed by atoms with Crippen LogP contribution in [0.15, 0.2) is 18.2 Å². The maximum atomic E-state index is 13.2. The van der Waals surface area contributed by atoms with E-state index in [1.54, 1.807) is 6.07 Å². The molecule has 0 amide bonds. The van der Waals surface area contributed by atoms with Crippen molar-refractivity contribution in [1.29, 1.82) is 0 Å². The van der Waals surface area contributed by atoms with Crippen LogP contribution in [0.5, 0.6) is 0 Å². The summed E-state index contributed by atoms with van der Waals surface area (Å²) in [6.45, 7) is 6.29. The van der Waals surface area contributed by atoms with E-state index in [2.05, 4.69) is 20.8 Å². The Morgan fingerprint density at radius 2 is 1.94 bits per heavy atom. The Hall–Kier alpha value is -0.270. The van der Waals surface area contributed by atoms with Crippen LogP contribution in [0.3, 0.4) is 0 Å². The predicted octanol–water partition coefficient (Wildman–Crippen LogP) is 5.07. The lowest BCUT2D eigenvalue weighted by molar-refractivity contribution is 0.374. The number of rotatable bonds is 3. The van der Waals surface area contributed by atoms with Crippen LogP contribution in [0.25, 0.3) is 0 Å². The molecule has 16 heavy (non-hydrogen) atoms. The van der Waals surface area contributed by atoms with Crippen molar-refractivity contribution in [3.05, 3.63) is 34.6 Å². The number of hydrogen-bond acceptors (Lipinski definition) is 0. The third-order valence-electron chi connectivity index (χ3n) is 2.64. The smallest absolute Gasteiger partial charge is 0.142 e. The average molecular weight is 263 g/mol. The van der Waals surface area contributed by atoms with E-state index in [4.69, 9.17) is 23.2 Å². The van der Waals surface area contributed by atoms with Gasteiger partial charge in [-0.25, -0.2) is 4.39 Å². The van der Waals surface area contributed by atoms with Crippen molar-refractivity contribution in [3.8, 4) is 0 Å². The number of hydrogen-bond donors (Lipinski definition) is 0. The van der Waals surface area contributed by atoms with Gasteiger partial charge in [-0.05, 0) is 29.9 Å². The van der Waals surface area contributed by atoms with Crippen LogP contribution in [0, 0.1) is 11.2 Å². The lowest BCUT2D eigenvalue weighted by atomic mass is 9.88. The van der Waals surface area contributed by atoms with E-state index in [9.17, 15) is 4.39 Å². The van der Waals surface area contributed by atoms with Crippen LogP contribution in [-0.4, -0.2) is 5.38 Å².